The summed E-state index contributed by atoms with van der Waals surface area (Å²) in [4.78, 5) is 12.4. The van der Waals surface area contributed by atoms with Gasteiger partial charge in [-0.05, 0) is 128 Å². The number of fused-ring (bicyclic) bond motifs is 5. The zero-order valence-corrected chi connectivity index (χ0v) is 26.3. The van der Waals surface area contributed by atoms with Gasteiger partial charge < -0.3 is 4.74 Å². The van der Waals surface area contributed by atoms with Crippen molar-refractivity contribution < 1.29 is 31.1 Å². The van der Waals surface area contributed by atoms with Crippen LogP contribution in [-0.4, -0.2) is 20.7 Å². The first-order chi connectivity index (χ1) is 19.7. The molecular formula is C33H48F3NO4S. The summed E-state index contributed by atoms with van der Waals surface area (Å²) in [7, 11) is -4.19. The Bertz CT molecular complexity index is 1230. The number of carbonyl (C=O) groups is 1. The Morgan fingerprint density at radius 3 is 2.36 bits per heavy atom. The van der Waals surface area contributed by atoms with E-state index >= 15 is 0 Å². The predicted molar refractivity (Wildman–Crippen MR) is 156 cm³/mol. The summed E-state index contributed by atoms with van der Waals surface area (Å²) >= 11 is 0. The molecule has 1 aromatic rings. The molecule has 0 spiro atoms. The molecule has 236 valence electrons. The van der Waals surface area contributed by atoms with Gasteiger partial charge in [0.25, 0.3) is 10.0 Å². The third-order valence-electron chi connectivity index (χ3n) is 12.5. The number of amides is 1. The molecule has 1 aromatic carbocycles. The molecule has 4 saturated carbocycles. The smallest absolute Gasteiger partial charge is 0.406 e. The molecule has 4 fully saturated rings. The molecule has 5 nitrogen and oxygen atoms in total. The maximum absolute atomic E-state index is 12.7. The molecule has 4 aliphatic rings. The maximum Gasteiger partial charge on any atom is 0.573 e. The minimum atomic E-state index is -4.87. The van der Waals surface area contributed by atoms with E-state index in [-0.39, 0.29) is 16.7 Å². The van der Waals surface area contributed by atoms with Crippen LogP contribution in [0.5, 0.6) is 5.75 Å². The number of ether oxygens (including phenoxy) is 1. The lowest BCUT2D eigenvalue weighted by Gasteiger charge is -2.63. The topological polar surface area (TPSA) is 72.5 Å². The van der Waals surface area contributed by atoms with Crippen molar-refractivity contribution in [2.45, 2.75) is 116 Å². The van der Waals surface area contributed by atoms with E-state index < -0.39 is 28.0 Å². The van der Waals surface area contributed by atoms with E-state index in [0.717, 1.165) is 53.9 Å². The molecular weight excluding hydrogens is 563 g/mol. The van der Waals surface area contributed by atoms with Crippen LogP contribution in [0, 0.1) is 52.3 Å². The molecule has 0 radical (unpaired) electrons. The molecule has 1 amide bonds. The van der Waals surface area contributed by atoms with Gasteiger partial charge >= 0.3 is 6.36 Å². The van der Waals surface area contributed by atoms with Crippen LogP contribution in [0.1, 0.15) is 105 Å². The molecule has 3 unspecified atom stereocenters. The lowest BCUT2D eigenvalue weighted by molar-refractivity contribution is -0.274. The highest BCUT2D eigenvalue weighted by Crippen LogP contribution is 2.69. The van der Waals surface area contributed by atoms with Gasteiger partial charge in [0.2, 0.25) is 5.91 Å². The predicted octanol–water partition coefficient (Wildman–Crippen LogP) is 8.49. The van der Waals surface area contributed by atoms with Crippen LogP contribution < -0.4 is 9.46 Å². The summed E-state index contributed by atoms with van der Waals surface area (Å²) < 4.78 is 68.5. The second-order valence-corrected chi connectivity index (χ2v) is 16.1. The van der Waals surface area contributed by atoms with Crippen molar-refractivity contribution in [2.24, 2.45) is 52.3 Å². The first-order valence-electron chi connectivity index (χ1n) is 16.1. The van der Waals surface area contributed by atoms with Crippen LogP contribution >= 0.6 is 0 Å². The van der Waals surface area contributed by atoms with Gasteiger partial charge in [0.1, 0.15) is 5.75 Å². The molecule has 4 aliphatic carbocycles. The van der Waals surface area contributed by atoms with Gasteiger partial charge in [0.15, 0.2) is 0 Å². The minimum absolute atomic E-state index is 0.0939. The molecule has 9 atom stereocenters. The van der Waals surface area contributed by atoms with Gasteiger partial charge in [-0.15, -0.1) is 13.2 Å². The molecule has 0 saturated heterocycles. The van der Waals surface area contributed by atoms with Gasteiger partial charge in [-0.2, -0.15) is 0 Å². The summed E-state index contributed by atoms with van der Waals surface area (Å²) in [6, 6.07) is 3.84. The average molecular weight is 612 g/mol. The standard InChI is InChI=1S/C33H48F3NO4S/c1-5-22-20-25-28-15-14-26(32(28,4)19-17-29(25)31(3)18-7-6-8-27(22)31)21(2)9-16-30(38)37-42(39,40)24-12-10-23(11-13-24)41-33(34,35)36/h10-13,21-22,25-29H,5-9,14-20H2,1-4H3,(H,37,38)/t21-,22+,25?,26-,27+,28?,29?,31+,32-/m1/s1. The largest absolute Gasteiger partial charge is 0.573 e. The van der Waals surface area contributed by atoms with Crippen molar-refractivity contribution in [1.29, 1.82) is 0 Å². The lowest BCUT2D eigenvalue weighted by Crippen LogP contribution is -2.55. The van der Waals surface area contributed by atoms with Crippen LogP contribution in [0.15, 0.2) is 29.2 Å². The van der Waals surface area contributed by atoms with Crippen molar-refractivity contribution in [3.8, 4) is 5.75 Å². The highest BCUT2D eigenvalue weighted by Gasteiger charge is 2.61. The first kappa shape index (κ1) is 31.6. The quantitative estimate of drug-likeness (QED) is 0.320. The van der Waals surface area contributed by atoms with Crippen molar-refractivity contribution in [3.63, 3.8) is 0 Å². The zero-order chi connectivity index (χ0) is 30.5. The van der Waals surface area contributed by atoms with Gasteiger partial charge in [-0.25, -0.2) is 13.1 Å². The zero-order valence-electron chi connectivity index (χ0n) is 25.5. The summed E-state index contributed by atoms with van der Waals surface area (Å²) in [5.74, 6) is 3.80. The Balaban J connectivity index is 1.19. The molecule has 0 bridgehead atoms. The number of nitrogens with one attached hydrogen (secondary N) is 1. The average Bonchev–Trinajstić information content (AvgIpc) is 3.27. The van der Waals surface area contributed by atoms with Crippen LogP contribution in [-0.2, 0) is 14.8 Å². The van der Waals surface area contributed by atoms with Crippen LogP contribution in [0.4, 0.5) is 13.2 Å². The highest BCUT2D eigenvalue weighted by molar-refractivity contribution is 7.90. The van der Waals surface area contributed by atoms with Crippen LogP contribution in [0.2, 0.25) is 0 Å². The van der Waals surface area contributed by atoms with E-state index in [9.17, 15) is 26.4 Å². The molecule has 0 heterocycles. The van der Waals surface area contributed by atoms with E-state index in [0.29, 0.717) is 23.7 Å². The van der Waals surface area contributed by atoms with Crippen molar-refractivity contribution >= 4 is 15.9 Å². The molecule has 0 aromatic heterocycles. The monoisotopic (exact) mass is 611 g/mol. The SMILES string of the molecule is CC[C@H]1CC2C3CC[C@H]([C@H](C)CCC(=O)NS(=O)(=O)c4ccc(OC(F)(F)F)cc4)[C@@]3(C)CCC2[C@@]2(C)CCCC[C@@H]12. The number of hydrogen-bond acceptors (Lipinski definition) is 4. The fourth-order valence-corrected chi connectivity index (χ4v) is 11.6. The Morgan fingerprint density at radius 2 is 1.69 bits per heavy atom. The third kappa shape index (κ3) is 5.97. The Morgan fingerprint density at radius 1 is 1.00 bits per heavy atom. The Hall–Kier alpha value is -1.77. The highest BCUT2D eigenvalue weighted by atomic mass is 32.2. The van der Waals surface area contributed by atoms with Crippen LogP contribution in [0.25, 0.3) is 0 Å². The number of rotatable bonds is 8. The molecule has 42 heavy (non-hydrogen) atoms. The first-order valence-corrected chi connectivity index (χ1v) is 17.6. The number of sulfonamides is 1. The Labute approximate surface area is 249 Å². The number of hydrogen-bond donors (Lipinski definition) is 1. The molecule has 1 N–H and O–H groups in total. The number of benzene rings is 1. The Kier molecular flexibility index (Phi) is 8.76. The second-order valence-electron chi connectivity index (χ2n) is 14.4. The summed E-state index contributed by atoms with van der Waals surface area (Å²) in [6.45, 7) is 9.75. The van der Waals surface area contributed by atoms with Gasteiger partial charge in [-0.3, -0.25) is 4.79 Å². The minimum Gasteiger partial charge on any atom is -0.406 e. The van der Waals surface area contributed by atoms with E-state index in [1.54, 1.807) is 0 Å². The fraction of sp³-hybridized carbons (Fsp3) is 0.788. The normalized spacial score (nSPS) is 37.2. The lowest BCUT2D eigenvalue weighted by atomic mass is 9.42. The molecule has 0 aliphatic heterocycles. The number of halogens is 3. The second kappa shape index (κ2) is 11.6. The van der Waals surface area contributed by atoms with Gasteiger partial charge in [-0.1, -0.05) is 47.0 Å². The molecule has 9 heteroatoms. The maximum atomic E-state index is 12.7. The summed E-state index contributed by atoms with van der Waals surface area (Å²) in [5, 5.41) is 0. The number of alkyl halides is 3. The summed E-state index contributed by atoms with van der Waals surface area (Å²) in [6.07, 6.45) is 9.09. The van der Waals surface area contributed by atoms with Gasteiger partial charge in [0.05, 0.1) is 4.90 Å². The van der Waals surface area contributed by atoms with E-state index in [1.807, 2.05) is 0 Å². The van der Waals surface area contributed by atoms with Crippen molar-refractivity contribution in [2.75, 3.05) is 0 Å². The van der Waals surface area contributed by atoms with Crippen molar-refractivity contribution in [1.82, 2.24) is 4.72 Å². The fourth-order valence-electron chi connectivity index (χ4n) is 10.6. The number of carbonyl (C=O) groups excluding carboxylic acids is 1. The van der Waals surface area contributed by atoms with Gasteiger partial charge in [0, 0.05) is 6.42 Å². The summed E-state index contributed by atoms with van der Waals surface area (Å²) in [5.41, 5.74) is 0.752. The molecule has 5 rings (SSSR count). The van der Waals surface area contributed by atoms with E-state index in [4.69, 9.17) is 0 Å². The van der Waals surface area contributed by atoms with E-state index in [2.05, 4.69) is 37.2 Å². The van der Waals surface area contributed by atoms with Crippen molar-refractivity contribution in [3.05, 3.63) is 24.3 Å². The van der Waals surface area contributed by atoms with E-state index in [1.165, 1.54) is 64.2 Å². The third-order valence-corrected chi connectivity index (χ3v) is 13.9. The van der Waals surface area contributed by atoms with Crippen LogP contribution in [0.3, 0.4) is 0 Å².